The number of pyridine rings is 1. The summed E-state index contributed by atoms with van der Waals surface area (Å²) in [5.74, 6) is 2.36. The number of aromatic nitrogens is 3. The normalized spacial score (nSPS) is 18.8. The van der Waals surface area contributed by atoms with Crippen LogP contribution in [0.2, 0.25) is 0 Å². The first-order valence-electron chi connectivity index (χ1n) is 9.14. The fraction of sp³-hybridized carbons (Fsp3) is 0.611. The minimum absolute atomic E-state index is 0. The number of hydrogen-bond donors (Lipinski definition) is 2. The summed E-state index contributed by atoms with van der Waals surface area (Å²) in [5, 5.41) is 15.2. The molecule has 1 aliphatic heterocycles. The molecule has 1 atom stereocenters. The van der Waals surface area contributed by atoms with Gasteiger partial charge < -0.3 is 15.5 Å². The van der Waals surface area contributed by atoms with Crippen molar-refractivity contribution in [2.75, 3.05) is 26.7 Å². The Bertz CT molecular complexity index is 712. The molecule has 7 nitrogen and oxygen atoms in total. The molecule has 0 spiro atoms. The van der Waals surface area contributed by atoms with Gasteiger partial charge in [-0.25, -0.2) is 0 Å². The molecule has 2 N–H and O–H groups in total. The topological polar surface area (TPSA) is 69.8 Å². The number of nitrogens with zero attached hydrogens (tertiary/aromatic N) is 5. The van der Waals surface area contributed by atoms with Crippen molar-refractivity contribution in [2.24, 2.45) is 10.9 Å². The van der Waals surface area contributed by atoms with Crippen LogP contribution in [0.15, 0.2) is 29.4 Å². The molecule has 2 aromatic heterocycles. The highest BCUT2D eigenvalue weighted by atomic mass is 127. The Hall–Kier alpha value is -1.42. The smallest absolute Gasteiger partial charge is 0.191 e. The summed E-state index contributed by atoms with van der Waals surface area (Å²) in [7, 11) is 1.80. The van der Waals surface area contributed by atoms with Crippen LogP contribution in [-0.2, 0) is 6.54 Å². The molecular formula is C18H30IN7. The lowest BCUT2D eigenvalue weighted by Crippen LogP contribution is -2.46. The summed E-state index contributed by atoms with van der Waals surface area (Å²) >= 11 is 0. The molecule has 26 heavy (non-hydrogen) atoms. The Labute approximate surface area is 172 Å². The lowest BCUT2D eigenvalue weighted by Gasteiger charge is -2.35. The van der Waals surface area contributed by atoms with Crippen LogP contribution in [0, 0.1) is 5.92 Å². The molecule has 0 aromatic carbocycles. The van der Waals surface area contributed by atoms with Crippen molar-refractivity contribution in [3.8, 4) is 0 Å². The molecule has 1 unspecified atom stereocenters. The second-order valence-corrected chi connectivity index (χ2v) is 6.95. The Balaban J connectivity index is 0.00000243. The van der Waals surface area contributed by atoms with E-state index < -0.39 is 0 Å². The van der Waals surface area contributed by atoms with E-state index in [0.29, 0.717) is 18.5 Å². The van der Waals surface area contributed by atoms with Gasteiger partial charge >= 0.3 is 0 Å². The average molecular weight is 471 g/mol. The monoisotopic (exact) mass is 471 g/mol. The Kier molecular flexibility index (Phi) is 8.08. The van der Waals surface area contributed by atoms with Gasteiger partial charge in [0.2, 0.25) is 0 Å². The van der Waals surface area contributed by atoms with Crippen molar-refractivity contribution in [2.45, 2.75) is 39.3 Å². The van der Waals surface area contributed by atoms with Crippen molar-refractivity contribution in [1.29, 1.82) is 0 Å². The van der Waals surface area contributed by atoms with Crippen molar-refractivity contribution in [1.82, 2.24) is 30.1 Å². The Morgan fingerprint density at radius 3 is 2.92 bits per heavy atom. The summed E-state index contributed by atoms with van der Waals surface area (Å²) in [4.78, 5) is 6.89. The van der Waals surface area contributed by atoms with Crippen LogP contribution in [-0.4, -0.2) is 58.2 Å². The van der Waals surface area contributed by atoms with Crippen LogP contribution >= 0.6 is 24.0 Å². The first-order chi connectivity index (χ1) is 12.2. The molecule has 144 valence electrons. The van der Waals surface area contributed by atoms with Crippen LogP contribution < -0.4 is 10.6 Å². The molecule has 1 aliphatic rings. The van der Waals surface area contributed by atoms with Gasteiger partial charge in [-0.3, -0.25) is 9.39 Å². The highest BCUT2D eigenvalue weighted by molar-refractivity contribution is 14.0. The van der Waals surface area contributed by atoms with Crippen molar-refractivity contribution < 1.29 is 0 Å². The molecule has 0 aliphatic carbocycles. The van der Waals surface area contributed by atoms with Gasteiger partial charge in [0.05, 0.1) is 6.54 Å². The number of guanidine groups is 1. The summed E-state index contributed by atoms with van der Waals surface area (Å²) in [5.41, 5.74) is 0.859. The number of piperidine rings is 1. The lowest BCUT2D eigenvalue weighted by atomic mass is 9.97. The quantitative estimate of drug-likeness (QED) is 0.398. The molecule has 0 saturated carbocycles. The van der Waals surface area contributed by atoms with E-state index in [9.17, 15) is 0 Å². The third-order valence-electron chi connectivity index (χ3n) is 4.86. The number of fused-ring (bicyclic) bond motifs is 1. The fourth-order valence-electron chi connectivity index (χ4n) is 3.37. The van der Waals surface area contributed by atoms with E-state index in [4.69, 9.17) is 0 Å². The lowest BCUT2D eigenvalue weighted by molar-refractivity contribution is 0.141. The molecule has 0 bridgehead atoms. The highest BCUT2D eigenvalue weighted by Crippen LogP contribution is 2.17. The van der Waals surface area contributed by atoms with E-state index in [0.717, 1.165) is 30.5 Å². The maximum atomic E-state index is 4.33. The van der Waals surface area contributed by atoms with Crippen LogP contribution in [0.25, 0.3) is 5.65 Å². The minimum atomic E-state index is 0. The number of aliphatic imine (C=N–C) groups is 1. The molecule has 0 amide bonds. The van der Waals surface area contributed by atoms with Crippen LogP contribution in [0.4, 0.5) is 0 Å². The molecule has 1 saturated heterocycles. The molecule has 3 rings (SSSR count). The predicted molar refractivity (Wildman–Crippen MR) is 116 cm³/mol. The average Bonchev–Trinajstić information content (AvgIpc) is 3.05. The molecule has 2 aromatic rings. The number of hydrogen-bond acceptors (Lipinski definition) is 4. The van der Waals surface area contributed by atoms with E-state index in [2.05, 4.69) is 44.6 Å². The van der Waals surface area contributed by atoms with Crippen LogP contribution in [0.5, 0.6) is 0 Å². The van der Waals surface area contributed by atoms with Gasteiger partial charge in [-0.1, -0.05) is 6.07 Å². The molecule has 3 heterocycles. The minimum Gasteiger partial charge on any atom is -0.356 e. The van der Waals surface area contributed by atoms with Crippen molar-refractivity contribution in [3.63, 3.8) is 0 Å². The number of rotatable bonds is 5. The number of halogens is 1. The summed E-state index contributed by atoms with van der Waals surface area (Å²) < 4.78 is 1.99. The zero-order chi connectivity index (χ0) is 17.6. The number of nitrogens with one attached hydrogen (secondary N) is 2. The summed E-state index contributed by atoms with van der Waals surface area (Å²) in [6, 6.07) is 6.53. The number of likely N-dealkylation sites (tertiary alicyclic amines) is 1. The summed E-state index contributed by atoms with van der Waals surface area (Å²) in [6.07, 6.45) is 4.54. The Morgan fingerprint density at radius 2 is 2.15 bits per heavy atom. The second kappa shape index (κ2) is 10.1. The van der Waals surface area contributed by atoms with E-state index in [1.165, 1.54) is 19.4 Å². The van der Waals surface area contributed by atoms with Crippen molar-refractivity contribution >= 4 is 35.6 Å². The second-order valence-electron chi connectivity index (χ2n) is 6.95. The standard InChI is InChI=1S/C18H29N7.HI/c1-14(2)24-9-6-7-15(13-24)11-20-18(19-3)21-12-17-23-22-16-8-4-5-10-25(16)17;/h4-5,8,10,14-15H,6-7,9,11-13H2,1-3H3,(H2,19,20,21);1H. The largest absolute Gasteiger partial charge is 0.356 e. The first kappa shape index (κ1) is 20.9. The SMILES string of the molecule is CN=C(NCc1nnc2ccccn12)NCC1CCCN(C(C)C)C1.I. The van der Waals surface area contributed by atoms with Crippen LogP contribution in [0.3, 0.4) is 0 Å². The summed E-state index contributed by atoms with van der Waals surface area (Å²) in [6.45, 7) is 8.48. The molecule has 8 heteroatoms. The van der Waals surface area contributed by atoms with Gasteiger partial charge in [0.1, 0.15) is 0 Å². The van der Waals surface area contributed by atoms with Gasteiger partial charge in [-0.15, -0.1) is 34.2 Å². The third kappa shape index (κ3) is 5.29. The predicted octanol–water partition coefficient (Wildman–Crippen LogP) is 2.13. The maximum Gasteiger partial charge on any atom is 0.191 e. The first-order valence-corrected chi connectivity index (χ1v) is 9.14. The highest BCUT2D eigenvalue weighted by Gasteiger charge is 2.21. The fourth-order valence-corrected chi connectivity index (χ4v) is 3.37. The molecule has 0 radical (unpaired) electrons. The van der Waals surface area contributed by atoms with Crippen molar-refractivity contribution in [3.05, 3.63) is 30.2 Å². The van der Waals surface area contributed by atoms with E-state index in [1.807, 2.05) is 28.8 Å². The zero-order valence-electron chi connectivity index (χ0n) is 15.9. The zero-order valence-corrected chi connectivity index (χ0v) is 18.2. The molecular weight excluding hydrogens is 441 g/mol. The van der Waals surface area contributed by atoms with Gasteiger partial charge in [0.15, 0.2) is 17.4 Å². The van der Waals surface area contributed by atoms with E-state index in [1.54, 1.807) is 7.05 Å². The van der Waals surface area contributed by atoms with Gasteiger partial charge in [0.25, 0.3) is 0 Å². The van der Waals surface area contributed by atoms with Gasteiger partial charge in [0, 0.05) is 32.4 Å². The van der Waals surface area contributed by atoms with Gasteiger partial charge in [-0.05, 0) is 51.3 Å². The van der Waals surface area contributed by atoms with Crippen LogP contribution in [0.1, 0.15) is 32.5 Å². The maximum absolute atomic E-state index is 4.33. The molecule has 1 fully saturated rings. The van der Waals surface area contributed by atoms with Gasteiger partial charge in [-0.2, -0.15) is 0 Å². The Morgan fingerprint density at radius 1 is 1.31 bits per heavy atom. The van der Waals surface area contributed by atoms with E-state index >= 15 is 0 Å². The van der Waals surface area contributed by atoms with E-state index in [-0.39, 0.29) is 24.0 Å². The third-order valence-corrected chi connectivity index (χ3v) is 4.86.